The SMILES string of the molecule is CCCCN1CCC(c2c[nH]c3ccc(NC(=O)c4cccs4)cc23)CC1. The van der Waals surface area contributed by atoms with Crippen LogP contribution in [0.4, 0.5) is 5.69 Å². The molecule has 0 saturated carbocycles. The Hall–Kier alpha value is -2.11. The number of rotatable bonds is 6. The zero-order valence-electron chi connectivity index (χ0n) is 15.8. The van der Waals surface area contributed by atoms with Crippen LogP contribution >= 0.6 is 11.3 Å². The number of amides is 1. The van der Waals surface area contributed by atoms with Gasteiger partial charge in [-0.05, 0) is 80.0 Å². The minimum Gasteiger partial charge on any atom is -0.361 e. The number of fused-ring (bicyclic) bond motifs is 1. The second-order valence-electron chi connectivity index (χ2n) is 7.41. The molecule has 0 bridgehead atoms. The van der Waals surface area contributed by atoms with Crippen molar-refractivity contribution in [1.82, 2.24) is 9.88 Å². The zero-order valence-corrected chi connectivity index (χ0v) is 16.6. The van der Waals surface area contributed by atoms with E-state index in [4.69, 9.17) is 0 Å². The third kappa shape index (κ3) is 4.09. The first-order valence-corrected chi connectivity index (χ1v) is 10.8. The number of nitrogens with zero attached hydrogens (tertiary/aromatic N) is 1. The molecule has 4 rings (SSSR count). The highest BCUT2D eigenvalue weighted by atomic mass is 32.1. The molecule has 0 spiro atoms. The Balaban J connectivity index is 1.48. The average molecular weight is 382 g/mol. The monoisotopic (exact) mass is 381 g/mol. The summed E-state index contributed by atoms with van der Waals surface area (Å²) in [5, 5.41) is 6.20. The molecule has 1 amide bonds. The van der Waals surface area contributed by atoms with E-state index in [1.807, 2.05) is 23.6 Å². The van der Waals surface area contributed by atoms with Crippen molar-refractivity contribution in [3.63, 3.8) is 0 Å². The maximum Gasteiger partial charge on any atom is 0.265 e. The molecule has 0 aliphatic carbocycles. The standard InChI is InChI=1S/C22H27N3OS/c1-2-3-10-25-11-8-16(9-12-25)19-15-23-20-7-6-17(14-18(19)20)24-22(26)21-5-4-13-27-21/h4-7,13-16,23H,2-3,8-12H2,1H3,(H,24,26). The van der Waals surface area contributed by atoms with Crippen LogP contribution in [0.1, 0.15) is 53.8 Å². The van der Waals surface area contributed by atoms with Gasteiger partial charge in [0.15, 0.2) is 0 Å². The van der Waals surface area contributed by atoms with E-state index >= 15 is 0 Å². The number of piperidine rings is 1. The molecule has 3 heterocycles. The summed E-state index contributed by atoms with van der Waals surface area (Å²) in [5.74, 6) is 0.561. The number of anilines is 1. The first-order valence-electron chi connectivity index (χ1n) is 9.93. The molecule has 1 aromatic carbocycles. The van der Waals surface area contributed by atoms with Crippen LogP contribution in [0, 0.1) is 0 Å². The highest BCUT2D eigenvalue weighted by molar-refractivity contribution is 7.12. The van der Waals surface area contributed by atoms with Crippen LogP contribution in [0.2, 0.25) is 0 Å². The number of hydrogen-bond acceptors (Lipinski definition) is 3. The fraction of sp³-hybridized carbons (Fsp3) is 0.409. The number of carbonyl (C=O) groups excluding carboxylic acids is 1. The molecule has 2 N–H and O–H groups in total. The first kappa shape index (κ1) is 18.3. The third-order valence-corrected chi connectivity index (χ3v) is 6.44. The van der Waals surface area contributed by atoms with E-state index in [1.54, 1.807) is 0 Å². The van der Waals surface area contributed by atoms with E-state index in [1.165, 1.54) is 67.6 Å². The lowest BCUT2D eigenvalue weighted by molar-refractivity contribution is 0.103. The largest absolute Gasteiger partial charge is 0.361 e. The van der Waals surface area contributed by atoms with Crippen LogP contribution in [0.5, 0.6) is 0 Å². The van der Waals surface area contributed by atoms with Gasteiger partial charge in [-0.25, -0.2) is 0 Å². The Labute approximate surface area is 164 Å². The van der Waals surface area contributed by atoms with Gasteiger partial charge in [0.05, 0.1) is 4.88 Å². The molecule has 2 aromatic heterocycles. The zero-order chi connectivity index (χ0) is 18.6. The van der Waals surface area contributed by atoms with Gasteiger partial charge in [-0.3, -0.25) is 4.79 Å². The predicted octanol–water partition coefficient (Wildman–Crippen LogP) is 5.46. The van der Waals surface area contributed by atoms with Gasteiger partial charge in [0.2, 0.25) is 0 Å². The summed E-state index contributed by atoms with van der Waals surface area (Å²) in [6.07, 6.45) is 7.15. The quantitative estimate of drug-likeness (QED) is 0.595. The summed E-state index contributed by atoms with van der Waals surface area (Å²) >= 11 is 1.46. The van der Waals surface area contributed by atoms with Gasteiger partial charge in [-0.2, -0.15) is 0 Å². The fourth-order valence-corrected chi connectivity index (χ4v) is 4.63. The van der Waals surface area contributed by atoms with Crippen LogP contribution in [0.3, 0.4) is 0 Å². The Bertz CT molecular complexity index is 892. The van der Waals surface area contributed by atoms with Crippen molar-refractivity contribution in [3.05, 3.63) is 52.3 Å². The van der Waals surface area contributed by atoms with Gasteiger partial charge in [-0.15, -0.1) is 11.3 Å². The van der Waals surface area contributed by atoms with Crippen molar-refractivity contribution in [2.45, 2.75) is 38.5 Å². The molecule has 1 aliphatic heterocycles. The molecule has 0 unspecified atom stereocenters. The van der Waals surface area contributed by atoms with Crippen molar-refractivity contribution < 1.29 is 4.79 Å². The van der Waals surface area contributed by atoms with Gasteiger partial charge in [0, 0.05) is 22.8 Å². The summed E-state index contributed by atoms with van der Waals surface area (Å²) in [4.78, 5) is 19.1. The lowest BCUT2D eigenvalue weighted by Gasteiger charge is -2.31. The second-order valence-corrected chi connectivity index (χ2v) is 8.35. The number of thiophene rings is 1. The molecular formula is C22H27N3OS. The van der Waals surface area contributed by atoms with Crippen molar-refractivity contribution >= 4 is 33.8 Å². The smallest absolute Gasteiger partial charge is 0.265 e. The lowest BCUT2D eigenvalue weighted by atomic mass is 9.89. The topological polar surface area (TPSA) is 48.1 Å². The number of carbonyl (C=O) groups is 1. The Kier molecular flexibility index (Phi) is 5.60. The summed E-state index contributed by atoms with van der Waals surface area (Å²) < 4.78 is 0. The Morgan fingerprint density at radius 2 is 2.15 bits per heavy atom. The van der Waals surface area contributed by atoms with E-state index in [0.29, 0.717) is 5.92 Å². The molecule has 27 heavy (non-hydrogen) atoms. The summed E-state index contributed by atoms with van der Waals surface area (Å²) in [6, 6.07) is 9.92. The van der Waals surface area contributed by atoms with Crippen molar-refractivity contribution in [2.75, 3.05) is 25.0 Å². The molecule has 4 nitrogen and oxygen atoms in total. The van der Waals surface area contributed by atoms with Crippen LogP contribution < -0.4 is 5.32 Å². The summed E-state index contributed by atoms with van der Waals surface area (Å²) in [6.45, 7) is 5.86. The van der Waals surface area contributed by atoms with E-state index in [-0.39, 0.29) is 5.91 Å². The van der Waals surface area contributed by atoms with Gasteiger partial charge in [0.25, 0.3) is 5.91 Å². The van der Waals surface area contributed by atoms with Gasteiger partial charge in [-0.1, -0.05) is 19.4 Å². The number of likely N-dealkylation sites (tertiary alicyclic amines) is 1. The number of aromatic amines is 1. The van der Waals surface area contributed by atoms with Crippen molar-refractivity contribution in [2.24, 2.45) is 0 Å². The van der Waals surface area contributed by atoms with E-state index in [0.717, 1.165) is 16.1 Å². The Morgan fingerprint density at radius 3 is 2.89 bits per heavy atom. The normalized spacial score (nSPS) is 16.0. The van der Waals surface area contributed by atoms with E-state index in [2.05, 4.69) is 40.5 Å². The van der Waals surface area contributed by atoms with Crippen LogP contribution in [-0.4, -0.2) is 35.4 Å². The molecule has 1 fully saturated rings. The number of benzene rings is 1. The van der Waals surface area contributed by atoms with Crippen molar-refractivity contribution in [3.8, 4) is 0 Å². The number of hydrogen-bond donors (Lipinski definition) is 2. The number of H-pyrrole nitrogens is 1. The molecule has 142 valence electrons. The van der Waals surface area contributed by atoms with E-state index < -0.39 is 0 Å². The highest BCUT2D eigenvalue weighted by Gasteiger charge is 2.22. The van der Waals surface area contributed by atoms with Gasteiger partial charge in [0.1, 0.15) is 0 Å². The molecule has 1 saturated heterocycles. The van der Waals surface area contributed by atoms with Crippen molar-refractivity contribution in [1.29, 1.82) is 0 Å². The maximum atomic E-state index is 12.3. The third-order valence-electron chi connectivity index (χ3n) is 5.57. The molecule has 1 aliphatic rings. The van der Waals surface area contributed by atoms with Crippen LogP contribution in [-0.2, 0) is 0 Å². The molecular weight excluding hydrogens is 354 g/mol. The lowest BCUT2D eigenvalue weighted by Crippen LogP contribution is -2.33. The number of nitrogens with one attached hydrogen (secondary N) is 2. The van der Waals surface area contributed by atoms with E-state index in [9.17, 15) is 4.79 Å². The maximum absolute atomic E-state index is 12.3. The predicted molar refractivity (Wildman–Crippen MR) is 114 cm³/mol. The first-order chi connectivity index (χ1) is 13.2. The fourth-order valence-electron chi connectivity index (χ4n) is 4.01. The number of unbranched alkanes of at least 4 members (excludes halogenated alkanes) is 1. The van der Waals surface area contributed by atoms with Gasteiger partial charge >= 0.3 is 0 Å². The number of aromatic nitrogens is 1. The van der Waals surface area contributed by atoms with Gasteiger partial charge < -0.3 is 15.2 Å². The molecule has 5 heteroatoms. The second kappa shape index (κ2) is 8.28. The van der Waals surface area contributed by atoms with Crippen LogP contribution in [0.15, 0.2) is 41.9 Å². The average Bonchev–Trinajstić information content (AvgIpc) is 3.36. The molecule has 3 aromatic rings. The molecule has 0 radical (unpaired) electrons. The minimum atomic E-state index is -0.0364. The highest BCUT2D eigenvalue weighted by Crippen LogP contribution is 2.34. The Morgan fingerprint density at radius 1 is 1.30 bits per heavy atom. The summed E-state index contributed by atoms with van der Waals surface area (Å²) in [5.41, 5.74) is 3.40. The van der Waals surface area contributed by atoms with Crippen LogP contribution in [0.25, 0.3) is 10.9 Å². The molecule has 0 atom stereocenters. The summed E-state index contributed by atoms with van der Waals surface area (Å²) in [7, 11) is 0. The minimum absolute atomic E-state index is 0.0364.